The molecular formula is C78H121FN14O19S. The third kappa shape index (κ3) is 29.0. The fourth-order valence-corrected chi connectivity index (χ4v) is 15.6. The highest BCUT2D eigenvalue weighted by Crippen LogP contribution is 2.52. The van der Waals surface area contributed by atoms with Crippen molar-refractivity contribution >= 4 is 101 Å². The number of likely N-dealkylation sites (N-methyl/N-ethyl adjacent to an activating group) is 2. The van der Waals surface area contributed by atoms with E-state index in [-0.39, 0.29) is 148 Å². The van der Waals surface area contributed by atoms with Crippen molar-refractivity contribution < 1.29 is 95.2 Å². The lowest BCUT2D eigenvalue weighted by Gasteiger charge is -2.41. The number of anilines is 1. The van der Waals surface area contributed by atoms with Crippen LogP contribution in [0.4, 0.5) is 24.5 Å². The summed E-state index contributed by atoms with van der Waals surface area (Å²) in [5.41, 5.74) is 11.3. The molecule has 1 unspecified atom stereocenters. The summed E-state index contributed by atoms with van der Waals surface area (Å²) in [5, 5.41) is 21.0. The Bertz CT molecular complexity index is 3600. The number of alkyl carbamates (subject to hydrolysis) is 2. The number of hydrogen-bond acceptors (Lipinski definition) is 21. The zero-order valence-corrected chi connectivity index (χ0v) is 68.9. The van der Waals surface area contributed by atoms with Crippen LogP contribution in [0.3, 0.4) is 0 Å². The van der Waals surface area contributed by atoms with Gasteiger partial charge in [-0.05, 0) is 118 Å². The first kappa shape index (κ1) is 94.4. The second-order valence-electron chi connectivity index (χ2n) is 30.8. The quantitative estimate of drug-likeness (QED) is 0.0248. The fourth-order valence-electron chi connectivity index (χ4n) is 14.2. The monoisotopic (exact) mass is 1610 g/mol. The zero-order chi connectivity index (χ0) is 84.1. The van der Waals surface area contributed by atoms with Gasteiger partial charge < -0.3 is 87.5 Å². The minimum absolute atomic E-state index is 0.0173. The van der Waals surface area contributed by atoms with E-state index in [4.69, 9.17) is 35.2 Å². The molecule has 2 aliphatic heterocycles. The number of methoxy groups -OCH3 is 3. The SMILES string of the molecule is CC[C@H](C)[C@@H]([C@@H](CC(=O)N1C[C@@H](OC(=O)NCCNC(=O)OCc2ccc(NC(=O)[C@H](CCCNC(N)=O)NC(=O)[C@@H](NC(=O)CCCCCN3C(=O)CC(SCC4(CC(N)=O)CC4)C3=O)C(C)C)cc2)C[C@H]1[C@H](OC)[C@@H](C)C(=O)NCC(=O)c1ccc(OC)c(F)c1)OC)N(C)C(=O)[C@@H](NC(=O)[C@H](C(C)C)N(C)C)C(C)C. The first-order valence-corrected chi connectivity index (χ1v) is 39.8. The molecule has 2 aromatic rings. The van der Waals surface area contributed by atoms with Gasteiger partial charge in [-0.1, -0.05) is 87.3 Å². The van der Waals surface area contributed by atoms with Gasteiger partial charge in [-0.25, -0.2) is 18.8 Å². The number of primary amides is 2. The van der Waals surface area contributed by atoms with Crippen LogP contribution in [0.15, 0.2) is 42.5 Å². The maximum Gasteiger partial charge on any atom is 0.407 e. The fraction of sp³-hybridized carbons (Fsp3) is 0.667. The Labute approximate surface area is 666 Å². The lowest BCUT2D eigenvalue weighted by Crippen LogP contribution is -2.59. The minimum Gasteiger partial charge on any atom is -0.494 e. The molecule has 5 rings (SSSR count). The first-order valence-electron chi connectivity index (χ1n) is 38.7. The number of imide groups is 1. The van der Waals surface area contributed by atoms with Gasteiger partial charge in [0.2, 0.25) is 59.1 Å². The highest BCUT2D eigenvalue weighted by molar-refractivity contribution is 8.00. The van der Waals surface area contributed by atoms with E-state index < -0.39 is 138 Å². The van der Waals surface area contributed by atoms with E-state index in [1.807, 2.05) is 41.5 Å². The number of halogens is 1. The highest BCUT2D eigenvalue weighted by Gasteiger charge is 2.49. The average Bonchev–Trinajstić information content (AvgIpc) is 1.72. The van der Waals surface area contributed by atoms with Crippen LogP contribution >= 0.6 is 11.8 Å². The van der Waals surface area contributed by atoms with Gasteiger partial charge in [0.15, 0.2) is 17.3 Å². The van der Waals surface area contributed by atoms with Gasteiger partial charge in [0.05, 0.1) is 68.1 Å². The molecule has 2 heterocycles. The molecule has 1 aliphatic carbocycles. The summed E-state index contributed by atoms with van der Waals surface area (Å²) in [7, 11) is 9.26. The van der Waals surface area contributed by atoms with Gasteiger partial charge in [0, 0.05) is 90.1 Å². The van der Waals surface area contributed by atoms with Crippen LogP contribution in [-0.4, -0.2) is 250 Å². The van der Waals surface area contributed by atoms with Crippen molar-refractivity contribution in [2.75, 3.05) is 92.8 Å². The summed E-state index contributed by atoms with van der Waals surface area (Å²) in [6, 6.07) is 3.85. The Balaban J connectivity index is 1.16. The molecule has 2 aromatic carbocycles. The van der Waals surface area contributed by atoms with E-state index in [0.29, 0.717) is 42.7 Å². The molecule has 3 fully saturated rings. The Morgan fingerprint density at radius 2 is 1.39 bits per heavy atom. The zero-order valence-electron chi connectivity index (χ0n) is 68.0. The number of nitrogens with one attached hydrogen (secondary N) is 8. The number of benzene rings is 2. The topological polar surface area (TPSA) is 446 Å². The summed E-state index contributed by atoms with van der Waals surface area (Å²) in [4.78, 5) is 193. The van der Waals surface area contributed by atoms with E-state index in [1.54, 1.807) is 71.1 Å². The normalized spacial score (nSPS) is 18.2. The second kappa shape index (κ2) is 45.6. The molecular weight excluding hydrogens is 1490 g/mol. The molecule has 14 amide bonds. The smallest absolute Gasteiger partial charge is 0.407 e. The number of unbranched alkanes of at least 4 members (excludes halogenated alkanes) is 2. The number of carbonyl (C=O) groups is 14. The van der Waals surface area contributed by atoms with Crippen LogP contribution in [0, 0.1) is 40.8 Å². The molecule has 33 nitrogen and oxygen atoms in total. The number of hydrogen-bond donors (Lipinski definition) is 10. The molecule has 0 aromatic heterocycles. The average molecular weight is 1610 g/mol. The van der Waals surface area contributed by atoms with Gasteiger partial charge in [-0.2, -0.15) is 0 Å². The van der Waals surface area contributed by atoms with E-state index >= 15 is 4.79 Å². The number of likely N-dealkylation sites (tertiary alicyclic amines) is 2. The molecule has 35 heteroatoms. The minimum atomic E-state index is -1.14. The Hall–Kier alpha value is -9.22. The number of ether oxygens (including phenoxy) is 5. The molecule has 3 aliphatic rings. The molecule has 2 saturated heterocycles. The Morgan fingerprint density at radius 3 is 1.96 bits per heavy atom. The molecule has 630 valence electrons. The van der Waals surface area contributed by atoms with Gasteiger partial charge in [-0.15, -0.1) is 11.8 Å². The third-order valence-corrected chi connectivity index (χ3v) is 22.4. The maximum absolute atomic E-state index is 15.0. The highest BCUT2D eigenvalue weighted by atomic mass is 32.2. The molecule has 12 atom stereocenters. The second-order valence-corrected chi connectivity index (χ2v) is 32.0. The van der Waals surface area contributed by atoms with E-state index in [9.17, 15) is 66.7 Å². The molecule has 0 bridgehead atoms. The van der Waals surface area contributed by atoms with Crippen LogP contribution in [0.25, 0.3) is 0 Å². The number of nitrogens with two attached hydrogens (primary N) is 2. The van der Waals surface area contributed by atoms with Crippen LogP contribution < -0.4 is 58.7 Å². The molecule has 113 heavy (non-hydrogen) atoms. The first-order chi connectivity index (χ1) is 53.4. The number of urea groups is 1. The standard InChI is InChI=1S/C78H121FN14O19S/c1-16-47(8)67(91(12)74(104)65(45(4)5)89-72(102)66(46(6)7)90(10)11)58(109-14)37-62(97)93-41-52(36-55(93)68(110-15)48(9)69(99)85-40-56(94)50-25-28-57(108-13)53(79)35-50)112-77(107)84-33-32-83-76(106)111-42-49-23-26-51(27-24-49)86-70(100)54(21-20-31-82-75(81)105)87-71(101)64(44(2)3)88-61(96)22-18-17-19-34-92-63(98)38-59(73(92)103)113-43-78(29-30-78)39-60(80)95/h23-28,35,44-48,52,54-55,58-59,64-68H,16-22,29-34,36-43H2,1-15H3,(H2,80,95)(H,83,106)(H,84,107)(H,85,99)(H,86,100)(H,87,101)(H,88,96)(H,89,102)(H3,81,82,105)/t47-,48+,52-,54-,55-,58+,59?,64-,65-,66-,67-,68+/m0/s1. The van der Waals surface area contributed by atoms with Crippen molar-refractivity contribution in [3.63, 3.8) is 0 Å². The lowest BCUT2D eigenvalue weighted by atomic mass is 9.89. The number of thioether (sulfide) groups is 1. The van der Waals surface area contributed by atoms with Gasteiger partial charge in [0.25, 0.3) is 0 Å². The van der Waals surface area contributed by atoms with Gasteiger partial charge in [0.1, 0.15) is 30.8 Å². The number of nitrogens with zero attached hydrogens (tertiary/aromatic N) is 4. The van der Waals surface area contributed by atoms with Crippen LogP contribution in [-0.2, 0) is 73.5 Å². The Kier molecular flexibility index (Phi) is 38.1. The van der Waals surface area contributed by atoms with Crippen molar-refractivity contribution in [2.45, 2.75) is 212 Å². The number of Topliss-reactive ketones (excluding diaryl/α,β-unsaturated/α-hetero) is 1. The third-order valence-electron chi connectivity index (χ3n) is 20.8. The van der Waals surface area contributed by atoms with Crippen LogP contribution in [0.5, 0.6) is 5.75 Å². The van der Waals surface area contributed by atoms with Crippen molar-refractivity contribution in [2.24, 2.45) is 46.5 Å². The summed E-state index contributed by atoms with van der Waals surface area (Å²) < 4.78 is 42.9. The maximum atomic E-state index is 15.0. The van der Waals surface area contributed by atoms with Crippen molar-refractivity contribution in [1.82, 2.24) is 56.8 Å². The summed E-state index contributed by atoms with van der Waals surface area (Å²) >= 11 is 1.39. The van der Waals surface area contributed by atoms with Crippen LogP contribution in [0.1, 0.15) is 162 Å². The van der Waals surface area contributed by atoms with E-state index in [2.05, 4.69) is 42.5 Å². The number of carbonyl (C=O) groups excluding carboxylic acids is 14. The van der Waals surface area contributed by atoms with E-state index in [1.165, 1.54) is 59.9 Å². The number of ketones is 1. The van der Waals surface area contributed by atoms with Gasteiger partial charge in [-0.3, -0.25) is 62.5 Å². The molecule has 0 radical (unpaired) electrons. The van der Waals surface area contributed by atoms with E-state index in [0.717, 1.165) is 18.9 Å². The number of rotatable bonds is 48. The summed E-state index contributed by atoms with van der Waals surface area (Å²) in [5.74, 6) is -7.37. The number of amides is 14. The molecule has 1 saturated carbocycles. The summed E-state index contributed by atoms with van der Waals surface area (Å²) in [6.07, 6.45) is -0.723. The van der Waals surface area contributed by atoms with Crippen molar-refractivity contribution in [3.8, 4) is 5.75 Å². The lowest BCUT2D eigenvalue weighted by molar-refractivity contribution is -0.148. The predicted molar refractivity (Wildman–Crippen MR) is 419 cm³/mol. The molecule has 0 spiro atoms. The van der Waals surface area contributed by atoms with Crippen LogP contribution in [0.2, 0.25) is 0 Å². The molecule has 12 N–H and O–H groups in total. The van der Waals surface area contributed by atoms with Gasteiger partial charge >= 0.3 is 18.2 Å². The van der Waals surface area contributed by atoms with Crippen molar-refractivity contribution in [3.05, 3.63) is 59.4 Å². The van der Waals surface area contributed by atoms with Crippen molar-refractivity contribution in [1.29, 1.82) is 0 Å². The predicted octanol–water partition coefficient (Wildman–Crippen LogP) is 4.50. The summed E-state index contributed by atoms with van der Waals surface area (Å²) in [6.45, 7) is 15.5. The largest absolute Gasteiger partial charge is 0.494 e. The Morgan fingerprint density at radius 1 is 0.726 bits per heavy atom.